The predicted octanol–water partition coefficient (Wildman–Crippen LogP) is 2.85. The highest BCUT2D eigenvalue weighted by molar-refractivity contribution is 5.38. The number of hydrogen-bond acceptors (Lipinski definition) is 5. The van der Waals surface area contributed by atoms with Crippen molar-refractivity contribution in [1.29, 1.82) is 0 Å². The summed E-state index contributed by atoms with van der Waals surface area (Å²) in [6.07, 6.45) is 8.63. The van der Waals surface area contributed by atoms with Crippen LogP contribution >= 0.6 is 0 Å². The molecule has 26 heavy (non-hydrogen) atoms. The Bertz CT molecular complexity index is 642. The first-order valence-electron chi connectivity index (χ1n) is 10.6. The Kier molecular flexibility index (Phi) is 4.20. The maximum absolute atomic E-state index is 11.5. The van der Waals surface area contributed by atoms with E-state index in [0.29, 0.717) is 24.3 Å². The molecule has 5 nitrogen and oxygen atoms in total. The molecule has 4 aliphatic carbocycles. The molecule has 0 unspecified atom stereocenters. The van der Waals surface area contributed by atoms with Gasteiger partial charge in [0.15, 0.2) is 0 Å². The molecule has 0 spiro atoms. The average molecular weight is 357 g/mol. The third-order valence-electron chi connectivity index (χ3n) is 7.72. The highest BCUT2D eigenvalue weighted by Crippen LogP contribution is 2.58. The van der Waals surface area contributed by atoms with E-state index < -0.39 is 5.60 Å². The summed E-state index contributed by atoms with van der Waals surface area (Å²) in [7, 11) is 0. The van der Waals surface area contributed by atoms with Crippen molar-refractivity contribution >= 4 is 5.82 Å². The molecule has 4 bridgehead atoms. The van der Waals surface area contributed by atoms with Crippen LogP contribution in [0.4, 0.5) is 5.82 Å². The molecule has 1 aliphatic heterocycles. The summed E-state index contributed by atoms with van der Waals surface area (Å²) in [6, 6.07) is 2.13. The first kappa shape index (κ1) is 16.9. The molecule has 5 aliphatic rings. The first-order chi connectivity index (χ1) is 12.6. The van der Waals surface area contributed by atoms with Crippen molar-refractivity contribution in [3.63, 3.8) is 0 Å². The van der Waals surface area contributed by atoms with Gasteiger partial charge in [0.05, 0.1) is 5.60 Å². The Balaban J connectivity index is 1.31. The third-order valence-corrected chi connectivity index (χ3v) is 7.72. The van der Waals surface area contributed by atoms with Crippen LogP contribution in [0.3, 0.4) is 0 Å². The highest BCUT2D eigenvalue weighted by Gasteiger charge is 2.56. The number of aryl methyl sites for hydroxylation is 1. The number of aromatic nitrogens is 2. The van der Waals surface area contributed by atoms with Crippen LogP contribution in [0.5, 0.6) is 0 Å². The largest absolute Gasteiger partial charge is 0.387 e. The van der Waals surface area contributed by atoms with E-state index in [1.807, 2.05) is 6.92 Å². The van der Waals surface area contributed by atoms with Crippen LogP contribution in [-0.2, 0) is 0 Å². The fourth-order valence-corrected chi connectivity index (χ4v) is 6.53. The number of nitrogens with one attached hydrogen (secondary N) is 2. The lowest BCUT2D eigenvalue weighted by atomic mass is 9.50. The Hall–Kier alpha value is -1.20. The zero-order chi connectivity index (χ0) is 17.7. The third kappa shape index (κ3) is 2.93. The summed E-state index contributed by atoms with van der Waals surface area (Å²) in [5.41, 5.74) is 0.625. The van der Waals surface area contributed by atoms with Gasteiger partial charge in [0.25, 0.3) is 0 Å². The van der Waals surface area contributed by atoms with Crippen LogP contribution in [0.2, 0.25) is 0 Å². The first-order valence-corrected chi connectivity index (χ1v) is 10.6. The number of nitrogens with zero attached hydrogens (tertiary/aromatic N) is 2. The number of hydrogen-bond donors (Lipinski definition) is 3. The molecule has 5 heteroatoms. The molecule has 0 radical (unpaired) electrons. The van der Waals surface area contributed by atoms with Crippen LogP contribution in [0.1, 0.15) is 62.4 Å². The van der Waals surface area contributed by atoms with Gasteiger partial charge < -0.3 is 15.7 Å². The fraction of sp³-hybridized carbons (Fsp3) is 0.810. The maximum atomic E-state index is 11.5. The van der Waals surface area contributed by atoms with Gasteiger partial charge in [-0.3, -0.25) is 0 Å². The van der Waals surface area contributed by atoms with Crippen LogP contribution < -0.4 is 10.6 Å². The molecule has 5 fully saturated rings. The van der Waals surface area contributed by atoms with Crippen molar-refractivity contribution < 1.29 is 5.11 Å². The fourth-order valence-electron chi connectivity index (χ4n) is 6.53. The topological polar surface area (TPSA) is 70.1 Å². The molecule has 142 valence electrons. The summed E-state index contributed by atoms with van der Waals surface area (Å²) < 4.78 is 0. The summed E-state index contributed by atoms with van der Waals surface area (Å²) in [4.78, 5) is 9.31. The van der Waals surface area contributed by atoms with E-state index in [0.717, 1.165) is 49.4 Å². The van der Waals surface area contributed by atoms with Gasteiger partial charge in [0.2, 0.25) is 0 Å². The summed E-state index contributed by atoms with van der Waals surface area (Å²) in [5.74, 6) is 4.99. The van der Waals surface area contributed by atoms with Crippen LogP contribution in [-0.4, -0.2) is 40.3 Å². The van der Waals surface area contributed by atoms with Crippen molar-refractivity contribution in [3.05, 3.63) is 17.6 Å². The van der Waals surface area contributed by atoms with E-state index in [-0.39, 0.29) is 0 Å². The smallest absolute Gasteiger partial charge is 0.130 e. The van der Waals surface area contributed by atoms with Crippen LogP contribution in [0.25, 0.3) is 0 Å². The van der Waals surface area contributed by atoms with Gasteiger partial charge in [-0.05, 0) is 88.6 Å². The summed E-state index contributed by atoms with van der Waals surface area (Å²) in [6.45, 7) is 4.76. The molecule has 1 saturated heterocycles. The van der Waals surface area contributed by atoms with Crippen molar-refractivity contribution in [1.82, 2.24) is 15.3 Å². The van der Waals surface area contributed by atoms with Gasteiger partial charge in [0, 0.05) is 24.2 Å². The number of aliphatic hydroxyl groups is 1. The van der Waals surface area contributed by atoms with E-state index in [1.165, 1.54) is 37.8 Å². The maximum Gasteiger partial charge on any atom is 0.130 e. The lowest BCUT2D eigenvalue weighted by Gasteiger charge is -2.59. The molecule has 0 atom stereocenters. The standard InChI is InChI=1S/C21H32N4O/c1-13-24-19(16-2-4-22-5-3-16)11-20(25-13)23-12-21(26)17-7-14-6-15(9-17)10-18(21)8-14/h11,14-18,22,26H,2-10,12H2,1H3,(H,23,24,25). The van der Waals surface area contributed by atoms with Gasteiger partial charge >= 0.3 is 0 Å². The van der Waals surface area contributed by atoms with Gasteiger partial charge in [-0.25, -0.2) is 9.97 Å². The molecule has 4 saturated carbocycles. The lowest BCUT2D eigenvalue weighted by molar-refractivity contribution is -0.164. The molecule has 2 heterocycles. The van der Waals surface area contributed by atoms with Gasteiger partial charge in [-0.2, -0.15) is 0 Å². The summed E-state index contributed by atoms with van der Waals surface area (Å²) in [5, 5.41) is 18.5. The Labute approximate surface area is 156 Å². The van der Waals surface area contributed by atoms with Crippen molar-refractivity contribution in [2.24, 2.45) is 23.7 Å². The normalized spacial score (nSPS) is 39.3. The Morgan fingerprint density at radius 2 is 1.73 bits per heavy atom. The van der Waals surface area contributed by atoms with E-state index in [9.17, 15) is 5.11 Å². The minimum atomic E-state index is -0.540. The lowest BCUT2D eigenvalue weighted by Crippen LogP contribution is -2.60. The van der Waals surface area contributed by atoms with E-state index >= 15 is 0 Å². The second kappa shape index (κ2) is 6.45. The van der Waals surface area contributed by atoms with Crippen LogP contribution in [0.15, 0.2) is 6.07 Å². The Morgan fingerprint density at radius 3 is 2.38 bits per heavy atom. The molecule has 0 amide bonds. The van der Waals surface area contributed by atoms with Crippen molar-refractivity contribution in [2.45, 2.75) is 63.4 Å². The van der Waals surface area contributed by atoms with Crippen molar-refractivity contribution in [2.75, 3.05) is 25.0 Å². The number of anilines is 1. The minimum Gasteiger partial charge on any atom is -0.387 e. The van der Waals surface area contributed by atoms with E-state index in [1.54, 1.807) is 0 Å². The molecule has 6 rings (SSSR count). The second-order valence-corrected chi connectivity index (χ2v) is 9.40. The van der Waals surface area contributed by atoms with E-state index in [2.05, 4.69) is 21.7 Å². The molecular weight excluding hydrogens is 324 g/mol. The Morgan fingerprint density at radius 1 is 1.08 bits per heavy atom. The van der Waals surface area contributed by atoms with Gasteiger partial charge in [0.1, 0.15) is 11.6 Å². The number of piperidine rings is 1. The molecule has 1 aromatic rings. The van der Waals surface area contributed by atoms with E-state index in [4.69, 9.17) is 4.98 Å². The quantitative estimate of drug-likeness (QED) is 0.774. The predicted molar refractivity (Wildman–Crippen MR) is 102 cm³/mol. The average Bonchev–Trinajstić information content (AvgIpc) is 2.64. The highest BCUT2D eigenvalue weighted by atomic mass is 16.3. The molecule has 3 N–H and O–H groups in total. The van der Waals surface area contributed by atoms with Crippen molar-refractivity contribution in [3.8, 4) is 0 Å². The van der Waals surface area contributed by atoms with Crippen LogP contribution in [0, 0.1) is 30.6 Å². The monoisotopic (exact) mass is 356 g/mol. The van der Waals surface area contributed by atoms with Gasteiger partial charge in [-0.1, -0.05) is 0 Å². The molecule has 0 aromatic carbocycles. The molecule has 1 aromatic heterocycles. The summed E-state index contributed by atoms with van der Waals surface area (Å²) >= 11 is 0. The molecular formula is C21H32N4O. The SMILES string of the molecule is Cc1nc(NCC2(O)C3CC4CC(C3)CC2C4)cc(C2CCNCC2)n1. The zero-order valence-electron chi connectivity index (χ0n) is 15.9. The second-order valence-electron chi connectivity index (χ2n) is 9.40. The van der Waals surface area contributed by atoms with Gasteiger partial charge in [-0.15, -0.1) is 0 Å². The zero-order valence-corrected chi connectivity index (χ0v) is 15.9. The number of rotatable bonds is 4. The minimum absolute atomic E-state index is 0.484.